The standard InChI is InChI=1S/C8H10S/c1-7-2-4-8(6-9)5-3-7/h2-5,9H,6H2,1H3/p+1. The van der Waals surface area contributed by atoms with Crippen molar-refractivity contribution in [1.82, 2.24) is 0 Å². The van der Waals surface area contributed by atoms with Crippen LogP contribution in [0.3, 0.4) is 0 Å². The van der Waals surface area contributed by atoms with Gasteiger partial charge in [0.1, 0.15) is 5.75 Å². The number of benzene rings is 1. The van der Waals surface area contributed by atoms with Crippen molar-refractivity contribution in [2.45, 2.75) is 12.7 Å². The van der Waals surface area contributed by atoms with E-state index in [1.807, 2.05) is 0 Å². The lowest BCUT2D eigenvalue weighted by atomic mass is 10.2. The van der Waals surface area contributed by atoms with Crippen LogP contribution in [0.1, 0.15) is 11.1 Å². The summed E-state index contributed by atoms with van der Waals surface area (Å²) in [6, 6.07) is 8.50. The Hall–Kier alpha value is -0.430. The van der Waals surface area contributed by atoms with Crippen LogP contribution >= 0.6 is 0 Å². The fraction of sp³-hybridized carbons (Fsp3) is 0.250. The highest BCUT2D eigenvalue weighted by molar-refractivity contribution is 7.57. The van der Waals surface area contributed by atoms with E-state index < -0.39 is 0 Å². The molecule has 0 saturated heterocycles. The van der Waals surface area contributed by atoms with E-state index in [-0.39, 0.29) is 0 Å². The molecule has 0 atom stereocenters. The number of aryl methyl sites for hydroxylation is 1. The highest BCUT2D eigenvalue weighted by atomic mass is 32.1. The molecule has 0 nitrogen and oxygen atoms in total. The lowest BCUT2D eigenvalue weighted by Crippen LogP contribution is -1.78. The van der Waals surface area contributed by atoms with Gasteiger partial charge in [-0.2, -0.15) is 0 Å². The first kappa shape index (κ1) is 6.69. The Morgan fingerprint density at radius 3 is 2.22 bits per heavy atom. The van der Waals surface area contributed by atoms with E-state index in [4.69, 9.17) is 0 Å². The summed E-state index contributed by atoms with van der Waals surface area (Å²) < 4.78 is 0. The van der Waals surface area contributed by atoms with Crippen LogP contribution in [0.2, 0.25) is 0 Å². The van der Waals surface area contributed by atoms with Gasteiger partial charge in [-0.05, 0) is 19.6 Å². The molecule has 0 unspecified atom stereocenters. The van der Waals surface area contributed by atoms with Crippen molar-refractivity contribution in [2.24, 2.45) is 0 Å². The van der Waals surface area contributed by atoms with Crippen molar-refractivity contribution in [3.8, 4) is 0 Å². The highest BCUT2D eigenvalue weighted by Gasteiger charge is 1.88. The zero-order chi connectivity index (χ0) is 6.69. The molecule has 0 saturated carbocycles. The normalized spacial score (nSPS) is 9.56. The SMILES string of the molecule is Cc1ccc(C[SH2+])cc1. The predicted molar refractivity (Wildman–Crippen MR) is 45.0 cm³/mol. The molecule has 1 aromatic rings. The monoisotopic (exact) mass is 139 g/mol. The first-order valence-electron chi connectivity index (χ1n) is 3.03. The Labute approximate surface area is 61.3 Å². The molecule has 0 aromatic heterocycles. The molecule has 9 heavy (non-hydrogen) atoms. The van der Waals surface area contributed by atoms with Gasteiger partial charge in [-0.15, -0.1) is 0 Å². The Balaban J connectivity index is 2.88. The molecular formula is C8H11S+. The second-order valence-electron chi connectivity index (χ2n) is 2.16. The zero-order valence-electron chi connectivity index (χ0n) is 5.52. The Kier molecular flexibility index (Phi) is 2.17. The van der Waals surface area contributed by atoms with Crippen molar-refractivity contribution in [3.05, 3.63) is 35.4 Å². The van der Waals surface area contributed by atoms with E-state index in [1.165, 1.54) is 11.1 Å². The summed E-state index contributed by atoms with van der Waals surface area (Å²) >= 11 is 3.43. The molecule has 0 radical (unpaired) electrons. The van der Waals surface area contributed by atoms with Crippen molar-refractivity contribution >= 4 is 12.6 Å². The number of hydrogen-bond donors (Lipinski definition) is 0. The predicted octanol–water partition coefficient (Wildman–Crippen LogP) is 1.51. The molecule has 0 N–H and O–H groups in total. The fourth-order valence-corrected chi connectivity index (χ4v) is 0.942. The Morgan fingerprint density at radius 2 is 1.78 bits per heavy atom. The first-order chi connectivity index (χ1) is 4.33. The average Bonchev–Trinajstić information content (AvgIpc) is 1.90. The molecule has 0 aliphatic rings. The summed E-state index contributed by atoms with van der Waals surface area (Å²) in [4.78, 5) is 0. The maximum absolute atomic E-state index is 3.43. The van der Waals surface area contributed by atoms with Gasteiger partial charge < -0.3 is 0 Å². The quantitative estimate of drug-likeness (QED) is 0.517. The molecule has 1 heteroatoms. The first-order valence-corrected chi connectivity index (χ1v) is 3.74. The zero-order valence-corrected chi connectivity index (χ0v) is 6.52. The van der Waals surface area contributed by atoms with Crippen molar-refractivity contribution < 1.29 is 0 Å². The average molecular weight is 139 g/mol. The minimum Gasteiger partial charge on any atom is -0.0589 e. The molecule has 1 aromatic carbocycles. The fourth-order valence-electron chi connectivity index (χ4n) is 0.706. The summed E-state index contributed by atoms with van der Waals surface area (Å²) in [5.41, 5.74) is 2.65. The van der Waals surface area contributed by atoms with Crippen LogP contribution in [0, 0.1) is 6.92 Å². The molecule has 0 amide bonds. The van der Waals surface area contributed by atoms with Crippen LogP contribution < -0.4 is 0 Å². The lowest BCUT2D eigenvalue weighted by Gasteiger charge is -1.91. The summed E-state index contributed by atoms with van der Waals surface area (Å²) in [6.07, 6.45) is 0. The molecule has 48 valence electrons. The number of hydrogen-bond acceptors (Lipinski definition) is 0. The van der Waals surface area contributed by atoms with Crippen molar-refractivity contribution in [1.29, 1.82) is 0 Å². The van der Waals surface area contributed by atoms with E-state index in [9.17, 15) is 0 Å². The maximum atomic E-state index is 3.43. The highest BCUT2D eigenvalue weighted by Crippen LogP contribution is 2.01. The van der Waals surface area contributed by atoms with Crippen LogP contribution in [0.25, 0.3) is 0 Å². The van der Waals surface area contributed by atoms with E-state index in [2.05, 4.69) is 43.8 Å². The Morgan fingerprint density at radius 1 is 1.22 bits per heavy atom. The van der Waals surface area contributed by atoms with Gasteiger partial charge in [-0.1, -0.05) is 29.8 Å². The molecular weight excluding hydrogens is 128 g/mol. The molecule has 0 bridgehead atoms. The summed E-state index contributed by atoms with van der Waals surface area (Å²) in [6.45, 7) is 2.09. The van der Waals surface area contributed by atoms with Crippen molar-refractivity contribution in [3.63, 3.8) is 0 Å². The van der Waals surface area contributed by atoms with Gasteiger partial charge in [0, 0.05) is 5.56 Å². The maximum Gasteiger partial charge on any atom is 0.128 e. The van der Waals surface area contributed by atoms with E-state index in [1.54, 1.807) is 0 Å². The van der Waals surface area contributed by atoms with Crippen LogP contribution in [-0.4, -0.2) is 0 Å². The third kappa shape index (κ3) is 1.75. The minimum absolute atomic E-state index is 0.945. The molecule has 0 spiro atoms. The molecule has 0 aliphatic carbocycles. The van der Waals surface area contributed by atoms with Gasteiger partial charge >= 0.3 is 0 Å². The Bertz CT molecular complexity index is 176. The smallest absolute Gasteiger partial charge is 0.0589 e. The van der Waals surface area contributed by atoms with Crippen LogP contribution in [0.5, 0.6) is 0 Å². The van der Waals surface area contributed by atoms with Crippen LogP contribution in [0.4, 0.5) is 0 Å². The van der Waals surface area contributed by atoms with Gasteiger partial charge in [0.25, 0.3) is 0 Å². The number of rotatable bonds is 1. The summed E-state index contributed by atoms with van der Waals surface area (Å²) in [5.74, 6) is 0.945. The van der Waals surface area contributed by atoms with Gasteiger partial charge in [-0.3, -0.25) is 0 Å². The van der Waals surface area contributed by atoms with E-state index >= 15 is 0 Å². The molecule has 0 heterocycles. The van der Waals surface area contributed by atoms with Gasteiger partial charge in [-0.25, -0.2) is 0 Å². The van der Waals surface area contributed by atoms with Gasteiger partial charge in [0.2, 0.25) is 0 Å². The second kappa shape index (κ2) is 2.92. The van der Waals surface area contributed by atoms with Gasteiger partial charge in [0.05, 0.1) is 0 Å². The van der Waals surface area contributed by atoms with Crippen LogP contribution in [-0.2, 0) is 18.4 Å². The third-order valence-electron chi connectivity index (χ3n) is 1.32. The topological polar surface area (TPSA) is 0 Å². The summed E-state index contributed by atoms with van der Waals surface area (Å²) in [7, 11) is 0. The van der Waals surface area contributed by atoms with E-state index in [0.717, 1.165) is 5.75 Å². The largest absolute Gasteiger partial charge is 0.128 e. The summed E-state index contributed by atoms with van der Waals surface area (Å²) in [5, 5.41) is 0. The third-order valence-corrected chi connectivity index (χ3v) is 1.73. The van der Waals surface area contributed by atoms with Gasteiger partial charge in [0.15, 0.2) is 0 Å². The second-order valence-corrected chi connectivity index (χ2v) is 2.52. The minimum atomic E-state index is 0.945. The van der Waals surface area contributed by atoms with Crippen LogP contribution in [0.15, 0.2) is 24.3 Å². The van der Waals surface area contributed by atoms with E-state index in [0.29, 0.717) is 0 Å². The lowest BCUT2D eigenvalue weighted by molar-refractivity contribution is 1.37. The van der Waals surface area contributed by atoms with Crippen molar-refractivity contribution in [2.75, 3.05) is 0 Å². The molecule has 0 aliphatic heterocycles. The molecule has 1 rings (SSSR count). The molecule has 0 fully saturated rings.